The number of carbonyl (C=O) groups is 4. The lowest BCUT2D eigenvalue weighted by Crippen LogP contribution is -2.30. The molecule has 0 bridgehead atoms. The first kappa shape index (κ1) is 95.1. The zero-order chi connectivity index (χ0) is 71.6. The predicted octanol–water partition coefficient (Wildman–Crippen LogP) is 23.0. The van der Waals surface area contributed by atoms with Crippen molar-refractivity contribution in [3.8, 4) is 0 Å². The van der Waals surface area contributed by atoms with E-state index >= 15 is 0 Å². The minimum atomic E-state index is -4.96. The summed E-state index contributed by atoms with van der Waals surface area (Å²) in [6.07, 6.45) is 55.6. The number of phosphoric acid groups is 2. The van der Waals surface area contributed by atoms with Gasteiger partial charge >= 0.3 is 39.5 Å². The fraction of sp³-hybridized carbons (Fsp3) is 0.949. The zero-order valence-corrected chi connectivity index (χ0v) is 65.3. The first-order valence-corrected chi connectivity index (χ1v) is 43.4. The summed E-state index contributed by atoms with van der Waals surface area (Å²) in [5.74, 6) is 0.149. The second-order valence-corrected chi connectivity index (χ2v) is 32.2. The maximum absolute atomic E-state index is 13.1. The van der Waals surface area contributed by atoms with Crippen LogP contribution in [0.15, 0.2) is 0 Å². The smallest absolute Gasteiger partial charge is 0.462 e. The fourth-order valence-corrected chi connectivity index (χ4v) is 13.5. The van der Waals surface area contributed by atoms with Crippen molar-refractivity contribution < 1.29 is 80.2 Å². The van der Waals surface area contributed by atoms with E-state index in [2.05, 4.69) is 48.5 Å². The summed E-state index contributed by atoms with van der Waals surface area (Å²) < 4.78 is 68.6. The number of aliphatic hydroxyl groups is 1. The Morgan fingerprint density at radius 1 is 0.299 bits per heavy atom. The topological polar surface area (TPSA) is 237 Å². The molecule has 0 fully saturated rings. The minimum Gasteiger partial charge on any atom is -0.462 e. The molecule has 0 aromatic heterocycles. The molecule has 97 heavy (non-hydrogen) atoms. The molecule has 0 heterocycles. The Morgan fingerprint density at radius 3 is 0.784 bits per heavy atom. The summed E-state index contributed by atoms with van der Waals surface area (Å²) in [5, 5.41) is 10.6. The lowest BCUT2D eigenvalue weighted by molar-refractivity contribution is -0.161. The van der Waals surface area contributed by atoms with Crippen molar-refractivity contribution in [1.82, 2.24) is 0 Å². The Balaban J connectivity index is 5.23. The molecule has 576 valence electrons. The number of esters is 4. The molecule has 0 spiro atoms. The number of ether oxygens (including phenoxy) is 4. The van der Waals surface area contributed by atoms with Gasteiger partial charge in [0.2, 0.25) is 0 Å². The van der Waals surface area contributed by atoms with Gasteiger partial charge in [-0.3, -0.25) is 37.3 Å². The summed E-state index contributed by atoms with van der Waals surface area (Å²) in [4.78, 5) is 72.9. The maximum Gasteiger partial charge on any atom is 0.472 e. The van der Waals surface area contributed by atoms with Crippen LogP contribution in [0.3, 0.4) is 0 Å². The number of aliphatic hydroxyl groups excluding tert-OH is 1. The van der Waals surface area contributed by atoms with Gasteiger partial charge in [0.15, 0.2) is 12.2 Å². The number of hydrogen-bond donors (Lipinski definition) is 3. The highest BCUT2D eigenvalue weighted by Crippen LogP contribution is 2.45. The van der Waals surface area contributed by atoms with Crippen molar-refractivity contribution in [2.45, 2.75) is 420 Å². The Bertz CT molecular complexity index is 1890. The molecule has 0 aliphatic rings. The van der Waals surface area contributed by atoms with Crippen LogP contribution in [0.1, 0.15) is 402 Å². The van der Waals surface area contributed by atoms with E-state index in [0.717, 1.165) is 108 Å². The molecule has 17 nitrogen and oxygen atoms in total. The van der Waals surface area contributed by atoms with Crippen LogP contribution in [-0.4, -0.2) is 96.7 Å². The van der Waals surface area contributed by atoms with Crippen LogP contribution in [0.5, 0.6) is 0 Å². The molecule has 0 aromatic carbocycles. The Morgan fingerprint density at radius 2 is 0.526 bits per heavy atom. The highest BCUT2D eigenvalue weighted by Gasteiger charge is 2.30. The quantitative estimate of drug-likeness (QED) is 0.0222. The summed E-state index contributed by atoms with van der Waals surface area (Å²) in [6.45, 7) is 11.9. The third-order valence-corrected chi connectivity index (χ3v) is 20.4. The van der Waals surface area contributed by atoms with E-state index < -0.39 is 97.5 Å². The average Bonchev–Trinajstić information content (AvgIpc) is 1.62. The van der Waals surface area contributed by atoms with E-state index in [-0.39, 0.29) is 25.7 Å². The van der Waals surface area contributed by atoms with E-state index in [9.17, 15) is 43.2 Å². The average molecular weight is 1420 g/mol. The normalized spacial score (nSPS) is 14.3. The Kier molecular flexibility index (Phi) is 67.1. The van der Waals surface area contributed by atoms with E-state index in [1.54, 1.807) is 0 Å². The number of carbonyl (C=O) groups excluding carboxylic acids is 4. The molecule has 3 N–H and O–H groups in total. The van der Waals surface area contributed by atoms with Crippen LogP contribution >= 0.6 is 15.6 Å². The number of phosphoric ester groups is 2. The van der Waals surface area contributed by atoms with Gasteiger partial charge in [0, 0.05) is 25.7 Å². The number of hydrogen-bond acceptors (Lipinski definition) is 15. The fourth-order valence-electron chi connectivity index (χ4n) is 11.9. The third-order valence-electron chi connectivity index (χ3n) is 18.5. The molecular weight excluding hydrogens is 1270 g/mol. The van der Waals surface area contributed by atoms with Crippen LogP contribution in [0.2, 0.25) is 0 Å². The first-order chi connectivity index (χ1) is 46.8. The minimum absolute atomic E-state index is 0.105. The van der Waals surface area contributed by atoms with Gasteiger partial charge in [-0.25, -0.2) is 9.13 Å². The number of unbranched alkanes of at least 4 members (excludes halogenated alkanes) is 43. The van der Waals surface area contributed by atoms with Gasteiger partial charge in [-0.15, -0.1) is 0 Å². The van der Waals surface area contributed by atoms with Crippen LogP contribution in [0, 0.1) is 17.8 Å². The molecule has 3 unspecified atom stereocenters. The zero-order valence-electron chi connectivity index (χ0n) is 63.5. The lowest BCUT2D eigenvalue weighted by Gasteiger charge is -2.21. The summed E-state index contributed by atoms with van der Waals surface area (Å²) >= 11 is 0. The SMILES string of the molecule is CCCCCCCCCCCCCCCCCCCCCCC(=O)O[C@H](COC(=O)CCCCCCCCCCCCC(C)CC)COP(=O)(O)OC[C@@H](O)COP(=O)(O)OC[C@@H](COC(=O)CCCCCCCCCC(C)C)OC(=O)CCCCCCCCCCCCC(C)C. The van der Waals surface area contributed by atoms with Crippen LogP contribution in [0.25, 0.3) is 0 Å². The molecular formula is C78H152O17P2. The van der Waals surface area contributed by atoms with Crippen LogP contribution in [-0.2, 0) is 65.4 Å². The van der Waals surface area contributed by atoms with Crippen molar-refractivity contribution in [1.29, 1.82) is 0 Å². The molecule has 0 radical (unpaired) electrons. The second-order valence-electron chi connectivity index (χ2n) is 29.3. The Labute approximate surface area is 594 Å². The van der Waals surface area contributed by atoms with Gasteiger partial charge in [0.05, 0.1) is 26.4 Å². The van der Waals surface area contributed by atoms with E-state index in [1.165, 1.54) is 205 Å². The van der Waals surface area contributed by atoms with E-state index in [1.807, 2.05) is 0 Å². The molecule has 0 amide bonds. The highest BCUT2D eigenvalue weighted by molar-refractivity contribution is 7.47. The van der Waals surface area contributed by atoms with Gasteiger partial charge in [0.1, 0.15) is 19.3 Å². The third kappa shape index (κ3) is 70.9. The highest BCUT2D eigenvalue weighted by atomic mass is 31.2. The van der Waals surface area contributed by atoms with Gasteiger partial charge in [-0.05, 0) is 43.4 Å². The van der Waals surface area contributed by atoms with E-state index in [0.29, 0.717) is 31.6 Å². The Hall–Kier alpha value is -1.94. The second kappa shape index (κ2) is 68.5. The summed E-state index contributed by atoms with van der Waals surface area (Å²) in [5.41, 5.74) is 0. The summed E-state index contributed by atoms with van der Waals surface area (Å²) in [7, 11) is -9.92. The largest absolute Gasteiger partial charge is 0.472 e. The van der Waals surface area contributed by atoms with Crippen LogP contribution < -0.4 is 0 Å². The van der Waals surface area contributed by atoms with Crippen molar-refractivity contribution in [3.05, 3.63) is 0 Å². The van der Waals surface area contributed by atoms with Gasteiger partial charge in [-0.2, -0.15) is 0 Å². The molecule has 6 atom stereocenters. The van der Waals surface area contributed by atoms with Gasteiger partial charge in [0.25, 0.3) is 0 Å². The molecule has 0 rings (SSSR count). The predicted molar refractivity (Wildman–Crippen MR) is 395 cm³/mol. The van der Waals surface area contributed by atoms with Gasteiger partial charge in [-0.1, -0.05) is 350 Å². The molecule has 0 aliphatic carbocycles. The van der Waals surface area contributed by atoms with Crippen molar-refractivity contribution in [2.24, 2.45) is 17.8 Å². The lowest BCUT2D eigenvalue weighted by atomic mass is 9.99. The molecule has 0 saturated heterocycles. The monoisotopic (exact) mass is 1420 g/mol. The van der Waals surface area contributed by atoms with Crippen molar-refractivity contribution >= 4 is 39.5 Å². The number of rotatable bonds is 76. The molecule has 0 aromatic rings. The molecule has 0 saturated carbocycles. The maximum atomic E-state index is 13.1. The molecule has 0 aliphatic heterocycles. The standard InChI is InChI=1S/C78H152O17P2/c1-8-10-11-12-13-14-15-16-17-18-19-20-21-22-23-24-32-39-47-54-61-77(82)94-73(65-88-75(80)59-52-45-38-31-28-26-30-37-44-51-58-71(7)9-2)67-92-96(84,85)90-63-72(79)64-91-97(86,87)93-68-74(66-89-76(81)60-53-46-41-34-36-43-50-57-70(5)6)95-78(83)62-55-48-40-33-27-25-29-35-42-49-56-69(3)4/h69-74,79H,8-68H2,1-7H3,(H,84,85)(H,86,87)/t71?,72-,73-,74-/m1/s1. The molecule has 19 heteroatoms. The van der Waals surface area contributed by atoms with E-state index in [4.69, 9.17) is 37.0 Å². The van der Waals surface area contributed by atoms with Crippen molar-refractivity contribution in [2.75, 3.05) is 39.6 Å². The first-order valence-electron chi connectivity index (χ1n) is 40.4. The summed E-state index contributed by atoms with van der Waals surface area (Å²) in [6, 6.07) is 0. The van der Waals surface area contributed by atoms with Crippen LogP contribution in [0.4, 0.5) is 0 Å². The van der Waals surface area contributed by atoms with Gasteiger partial charge < -0.3 is 33.8 Å². The van der Waals surface area contributed by atoms with Crippen molar-refractivity contribution in [3.63, 3.8) is 0 Å².